The predicted molar refractivity (Wildman–Crippen MR) is 121 cm³/mol. The SMILES string of the molecule is CCS(=O)(=O)c1ccc(N2CCC(NC(=O)c3cccc4ccccc34)CC2)cc1. The van der Waals surface area contributed by atoms with Gasteiger partial charge in [0.1, 0.15) is 0 Å². The third-order valence-corrected chi connectivity index (χ3v) is 7.56. The van der Waals surface area contributed by atoms with Gasteiger partial charge in [-0.1, -0.05) is 43.3 Å². The Bertz CT molecular complexity index is 1140. The second kappa shape index (κ2) is 8.48. The standard InChI is InChI=1S/C24H26N2O3S/c1-2-30(28,29)21-12-10-20(11-13-21)26-16-14-19(15-17-26)25-24(27)23-9-5-7-18-6-3-4-8-22(18)23/h3-13,19H,2,14-17H2,1H3,(H,25,27). The first kappa shape index (κ1) is 20.4. The van der Waals surface area contributed by atoms with Gasteiger partial charge in [0.15, 0.2) is 9.84 Å². The summed E-state index contributed by atoms with van der Waals surface area (Å²) < 4.78 is 24.0. The Hall–Kier alpha value is -2.86. The average Bonchev–Trinajstić information content (AvgIpc) is 2.79. The van der Waals surface area contributed by atoms with Crippen LogP contribution in [-0.4, -0.2) is 39.2 Å². The van der Waals surface area contributed by atoms with E-state index in [2.05, 4.69) is 10.2 Å². The molecule has 0 radical (unpaired) electrons. The fourth-order valence-corrected chi connectivity index (χ4v) is 4.88. The highest BCUT2D eigenvalue weighted by atomic mass is 32.2. The molecule has 30 heavy (non-hydrogen) atoms. The van der Waals surface area contributed by atoms with Gasteiger partial charge in [0.25, 0.3) is 5.91 Å². The van der Waals surface area contributed by atoms with E-state index in [1.54, 1.807) is 19.1 Å². The van der Waals surface area contributed by atoms with Crippen molar-refractivity contribution in [1.82, 2.24) is 5.32 Å². The molecule has 0 saturated carbocycles. The minimum Gasteiger partial charge on any atom is -0.371 e. The van der Waals surface area contributed by atoms with E-state index in [1.807, 2.05) is 54.6 Å². The van der Waals surface area contributed by atoms with Crippen molar-refractivity contribution < 1.29 is 13.2 Å². The Labute approximate surface area is 177 Å². The summed E-state index contributed by atoms with van der Waals surface area (Å²) in [5, 5.41) is 5.22. The number of carbonyl (C=O) groups is 1. The van der Waals surface area contributed by atoms with Gasteiger partial charge in [-0.25, -0.2) is 8.42 Å². The molecule has 1 saturated heterocycles. The summed E-state index contributed by atoms with van der Waals surface area (Å²) in [4.78, 5) is 15.5. The molecule has 1 aliphatic rings. The molecular formula is C24H26N2O3S. The average molecular weight is 423 g/mol. The summed E-state index contributed by atoms with van der Waals surface area (Å²) in [6.45, 7) is 3.29. The highest BCUT2D eigenvalue weighted by Crippen LogP contribution is 2.23. The molecule has 0 atom stereocenters. The Morgan fingerprint density at radius 2 is 1.63 bits per heavy atom. The lowest BCUT2D eigenvalue weighted by Crippen LogP contribution is -2.44. The van der Waals surface area contributed by atoms with Crippen LogP contribution >= 0.6 is 0 Å². The second-order valence-corrected chi connectivity index (χ2v) is 9.94. The molecular weight excluding hydrogens is 396 g/mol. The Morgan fingerprint density at radius 3 is 2.33 bits per heavy atom. The van der Waals surface area contributed by atoms with E-state index >= 15 is 0 Å². The van der Waals surface area contributed by atoms with Gasteiger partial charge in [0.05, 0.1) is 10.6 Å². The zero-order chi connectivity index (χ0) is 21.1. The monoisotopic (exact) mass is 422 g/mol. The summed E-state index contributed by atoms with van der Waals surface area (Å²) in [6.07, 6.45) is 1.71. The van der Waals surface area contributed by atoms with Crippen LogP contribution in [0.3, 0.4) is 0 Å². The van der Waals surface area contributed by atoms with Crippen LogP contribution < -0.4 is 10.2 Å². The van der Waals surface area contributed by atoms with Crippen molar-refractivity contribution in [2.24, 2.45) is 0 Å². The zero-order valence-electron chi connectivity index (χ0n) is 17.0. The van der Waals surface area contributed by atoms with Gasteiger partial charge in [0.2, 0.25) is 0 Å². The lowest BCUT2D eigenvalue weighted by atomic mass is 10.0. The first-order chi connectivity index (χ1) is 14.5. The summed E-state index contributed by atoms with van der Waals surface area (Å²) in [7, 11) is -3.18. The maximum Gasteiger partial charge on any atom is 0.252 e. The van der Waals surface area contributed by atoms with Crippen LogP contribution in [0, 0.1) is 0 Å². The first-order valence-corrected chi connectivity index (χ1v) is 12.0. The Kier molecular flexibility index (Phi) is 5.77. The number of piperidine rings is 1. The van der Waals surface area contributed by atoms with Crippen molar-refractivity contribution in [2.75, 3.05) is 23.7 Å². The molecule has 0 bridgehead atoms. The lowest BCUT2D eigenvalue weighted by molar-refractivity contribution is 0.0933. The van der Waals surface area contributed by atoms with E-state index in [0.717, 1.165) is 42.4 Å². The lowest BCUT2D eigenvalue weighted by Gasteiger charge is -2.34. The van der Waals surface area contributed by atoms with Crippen molar-refractivity contribution in [3.05, 3.63) is 72.3 Å². The zero-order valence-corrected chi connectivity index (χ0v) is 17.9. The van der Waals surface area contributed by atoms with Crippen LogP contribution in [0.1, 0.15) is 30.1 Å². The van der Waals surface area contributed by atoms with Gasteiger partial charge in [-0.05, 0) is 53.9 Å². The second-order valence-electron chi connectivity index (χ2n) is 7.66. The van der Waals surface area contributed by atoms with E-state index < -0.39 is 9.84 Å². The van der Waals surface area contributed by atoms with Crippen molar-refractivity contribution in [1.29, 1.82) is 0 Å². The number of sulfone groups is 1. The number of fused-ring (bicyclic) bond motifs is 1. The molecule has 3 aromatic carbocycles. The molecule has 0 unspecified atom stereocenters. The van der Waals surface area contributed by atoms with E-state index in [1.165, 1.54) is 0 Å². The quantitative estimate of drug-likeness (QED) is 0.674. The molecule has 6 heteroatoms. The predicted octanol–water partition coefficient (Wildman–Crippen LogP) is 4.03. The van der Waals surface area contributed by atoms with Crippen LogP contribution in [0.4, 0.5) is 5.69 Å². The molecule has 5 nitrogen and oxygen atoms in total. The number of benzene rings is 3. The van der Waals surface area contributed by atoms with Crippen molar-refractivity contribution in [3.8, 4) is 0 Å². The van der Waals surface area contributed by atoms with Gasteiger partial charge < -0.3 is 10.2 Å². The van der Waals surface area contributed by atoms with E-state index in [-0.39, 0.29) is 17.7 Å². The topological polar surface area (TPSA) is 66.5 Å². The number of amides is 1. The molecule has 156 valence electrons. The van der Waals surface area contributed by atoms with Crippen LogP contribution in [0.15, 0.2) is 71.6 Å². The molecule has 3 aromatic rings. The van der Waals surface area contributed by atoms with E-state index in [0.29, 0.717) is 10.5 Å². The van der Waals surface area contributed by atoms with Crippen LogP contribution in [-0.2, 0) is 9.84 Å². The summed E-state index contributed by atoms with van der Waals surface area (Å²) in [6, 6.07) is 21.0. The molecule has 1 aliphatic heterocycles. The fourth-order valence-electron chi connectivity index (χ4n) is 4.00. The molecule has 4 rings (SSSR count). The fraction of sp³-hybridized carbons (Fsp3) is 0.292. The normalized spacial score (nSPS) is 15.3. The third-order valence-electron chi connectivity index (χ3n) is 5.81. The third kappa shape index (κ3) is 4.19. The number of nitrogens with zero attached hydrogens (tertiary/aromatic N) is 1. The van der Waals surface area contributed by atoms with E-state index in [9.17, 15) is 13.2 Å². The summed E-state index contributed by atoms with van der Waals surface area (Å²) in [5.41, 5.74) is 1.73. The first-order valence-electron chi connectivity index (χ1n) is 10.3. The number of carbonyl (C=O) groups excluding carboxylic acids is 1. The molecule has 1 N–H and O–H groups in total. The van der Waals surface area contributed by atoms with Gasteiger partial charge in [-0.15, -0.1) is 0 Å². The van der Waals surface area contributed by atoms with Gasteiger partial charge in [-0.2, -0.15) is 0 Å². The van der Waals surface area contributed by atoms with Gasteiger partial charge in [0, 0.05) is 30.4 Å². The van der Waals surface area contributed by atoms with Crippen LogP contribution in [0.2, 0.25) is 0 Å². The minimum atomic E-state index is -3.18. The van der Waals surface area contributed by atoms with Gasteiger partial charge >= 0.3 is 0 Å². The number of nitrogens with one attached hydrogen (secondary N) is 1. The minimum absolute atomic E-state index is 0.0284. The summed E-state index contributed by atoms with van der Waals surface area (Å²) in [5.74, 6) is 0.0769. The molecule has 1 fully saturated rings. The van der Waals surface area contributed by atoms with Crippen LogP contribution in [0.25, 0.3) is 10.8 Å². The van der Waals surface area contributed by atoms with Crippen molar-refractivity contribution in [3.63, 3.8) is 0 Å². The number of hydrogen-bond donors (Lipinski definition) is 1. The van der Waals surface area contributed by atoms with Gasteiger partial charge in [-0.3, -0.25) is 4.79 Å². The highest BCUT2D eigenvalue weighted by Gasteiger charge is 2.22. The molecule has 0 aliphatic carbocycles. The van der Waals surface area contributed by atoms with Crippen molar-refractivity contribution in [2.45, 2.75) is 30.7 Å². The summed E-state index contributed by atoms with van der Waals surface area (Å²) >= 11 is 0. The number of rotatable bonds is 5. The van der Waals surface area contributed by atoms with E-state index in [4.69, 9.17) is 0 Å². The molecule has 0 aromatic heterocycles. The molecule has 0 spiro atoms. The number of hydrogen-bond acceptors (Lipinski definition) is 4. The maximum absolute atomic E-state index is 12.9. The Morgan fingerprint density at radius 1 is 0.967 bits per heavy atom. The molecule has 1 amide bonds. The smallest absolute Gasteiger partial charge is 0.252 e. The maximum atomic E-state index is 12.9. The van der Waals surface area contributed by atoms with Crippen LogP contribution in [0.5, 0.6) is 0 Å². The molecule has 1 heterocycles. The number of anilines is 1. The largest absolute Gasteiger partial charge is 0.371 e. The Balaban J connectivity index is 1.38. The van der Waals surface area contributed by atoms with Crippen molar-refractivity contribution >= 4 is 32.2 Å². The highest BCUT2D eigenvalue weighted by molar-refractivity contribution is 7.91.